The zero-order valence-corrected chi connectivity index (χ0v) is 11.5. The van der Waals surface area contributed by atoms with Crippen molar-refractivity contribution in [2.24, 2.45) is 4.99 Å². The highest BCUT2D eigenvalue weighted by molar-refractivity contribution is 5.76. The molecule has 0 aliphatic heterocycles. The molecular formula is C14H12N6O2. The van der Waals surface area contributed by atoms with Crippen LogP contribution in [0.3, 0.4) is 0 Å². The second kappa shape index (κ2) is 6.02. The highest BCUT2D eigenvalue weighted by Crippen LogP contribution is 2.21. The minimum atomic E-state index is 0.101. The summed E-state index contributed by atoms with van der Waals surface area (Å²) in [5.41, 5.74) is 8.50. The van der Waals surface area contributed by atoms with Crippen LogP contribution in [0.5, 0.6) is 5.88 Å². The van der Waals surface area contributed by atoms with E-state index in [-0.39, 0.29) is 5.95 Å². The monoisotopic (exact) mass is 296 g/mol. The molecule has 22 heavy (non-hydrogen) atoms. The number of hydrogen-bond donors (Lipinski definition) is 2. The molecule has 3 N–H and O–H groups in total. The fourth-order valence-corrected chi connectivity index (χ4v) is 2.02. The van der Waals surface area contributed by atoms with Crippen molar-refractivity contribution in [1.29, 1.82) is 0 Å². The van der Waals surface area contributed by atoms with Gasteiger partial charge in [0.1, 0.15) is 12.1 Å². The lowest BCUT2D eigenvalue weighted by atomic mass is 10.1. The van der Waals surface area contributed by atoms with Gasteiger partial charge in [-0.15, -0.1) is 0 Å². The van der Waals surface area contributed by atoms with Crippen LogP contribution >= 0.6 is 0 Å². The molecule has 1 aromatic carbocycles. The number of fused-ring (bicyclic) bond motifs is 1. The van der Waals surface area contributed by atoms with Gasteiger partial charge in [0.25, 0.3) is 0 Å². The topological polar surface area (TPSA) is 119 Å². The van der Waals surface area contributed by atoms with E-state index in [1.165, 1.54) is 12.4 Å². The molecule has 0 amide bonds. The summed E-state index contributed by atoms with van der Waals surface area (Å²) in [5.74, 6) is 0.444. The van der Waals surface area contributed by atoms with Gasteiger partial charge >= 0.3 is 0 Å². The molecule has 0 atom stereocenters. The van der Waals surface area contributed by atoms with Crippen LogP contribution in [0, 0.1) is 0 Å². The number of carbonyl (C=O) groups excluding carboxylic acids is 1. The minimum absolute atomic E-state index is 0.101. The maximum absolute atomic E-state index is 10.2. The third-order valence-electron chi connectivity index (χ3n) is 2.96. The second-order valence-electron chi connectivity index (χ2n) is 4.50. The Morgan fingerprint density at radius 1 is 1.32 bits per heavy atom. The summed E-state index contributed by atoms with van der Waals surface area (Å²) in [7, 11) is 0. The third kappa shape index (κ3) is 2.92. The van der Waals surface area contributed by atoms with Crippen LogP contribution in [-0.4, -0.2) is 26.0 Å². The van der Waals surface area contributed by atoms with Crippen molar-refractivity contribution in [3.05, 3.63) is 41.7 Å². The Bertz CT molecular complexity index is 853. The fourth-order valence-electron chi connectivity index (χ4n) is 2.02. The van der Waals surface area contributed by atoms with E-state index in [4.69, 9.17) is 10.5 Å². The number of imidazole rings is 1. The molecule has 8 nitrogen and oxygen atoms in total. The van der Waals surface area contributed by atoms with Gasteiger partial charge in [-0.2, -0.15) is 9.97 Å². The first kappa shape index (κ1) is 13.7. The van der Waals surface area contributed by atoms with E-state index in [1.54, 1.807) is 0 Å². The smallest absolute Gasteiger partial charge is 0.245 e. The number of nitrogens with zero attached hydrogens (tertiary/aromatic N) is 4. The number of benzene rings is 1. The van der Waals surface area contributed by atoms with Crippen molar-refractivity contribution in [3.8, 4) is 5.88 Å². The third-order valence-corrected chi connectivity index (χ3v) is 2.96. The Morgan fingerprint density at radius 2 is 2.18 bits per heavy atom. The molecule has 0 saturated heterocycles. The van der Waals surface area contributed by atoms with Gasteiger partial charge in [0.2, 0.25) is 17.9 Å². The molecule has 3 rings (SSSR count). The molecule has 3 aromatic rings. The van der Waals surface area contributed by atoms with Crippen molar-refractivity contribution in [1.82, 2.24) is 19.9 Å². The van der Waals surface area contributed by atoms with Gasteiger partial charge in [-0.1, -0.05) is 24.3 Å². The molecular weight excluding hydrogens is 284 g/mol. The fraction of sp³-hybridized carbons (Fsp3) is 0.143. The molecule has 2 aromatic heterocycles. The summed E-state index contributed by atoms with van der Waals surface area (Å²) in [6, 6.07) is 7.55. The molecule has 0 aliphatic carbocycles. The highest BCUT2D eigenvalue weighted by Gasteiger charge is 2.10. The largest absolute Gasteiger partial charge is 0.471 e. The van der Waals surface area contributed by atoms with Gasteiger partial charge < -0.3 is 15.5 Å². The number of nitrogens with one attached hydrogen (secondary N) is 1. The number of aromatic amines is 1. The van der Waals surface area contributed by atoms with Crippen molar-refractivity contribution in [3.63, 3.8) is 0 Å². The number of aromatic nitrogens is 4. The molecule has 110 valence electrons. The standard InChI is InChI=1S/C14H12N6O2/c15-14-19-12-11(17-7-18-12)13(20-14)22-6-10-3-1-2-9(4-10)5-16-8-21/h1-4,7H,5-6H2,(H3,15,17,18,19,20). The van der Waals surface area contributed by atoms with Crippen LogP contribution in [0.2, 0.25) is 0 Å². The maximum Gasteiger partial charge on any atom is 0.245 e. The molecule has 0 aliphatic rings. The van der Waals surface area contributed by atoms with Crippen LogP contribution in [0.1, 0.15) is 11.1 Å². The number of ether oxygens (including phenoxy) is 1. The highest BCUT2D eigenvalue weighted by atomic mass is 16.5. The average Bonchev–Trinajstić information content (AvgIpc) is 2.99. The van der Waals surface area contributed by atoms with Gasteiger partial charge in [0.05, 0.1) is 12.9 Å². The van der Waals surface area contributed by atoms with Gasteiger partial charge in [-0.25, -0.2) is 14.8 Å². The first-order chi connectivity index (χ1) is 10.8. The van der Waals surface area contributed by atoms with E-state index in [9.17, 15) is 4.79 Å². The second-order valence-corrected chi connectivity index (χ2v) is 4.50. The Morgan fingerprint density at radius 3 is 3.05 bits per heavy atom. The molecule has 0 saturated carbocycles. The molecule has 0 radical (unpaired) electrons. The Hall–Kier alpha value is -3.25. The van der Waals surface area contributed by atoms with E-state index in [1.807, 2.05) is 24.3 Å². The Kier molecular flexibility index (Phi) is 3.76. The molecule has 0 bridgehead atoms. The molecule has 0 unspecified atom stereocenters. The first-order valence-electron chi connectivity index (χ1n) is 6.47. The zero-order valence-electron chi connectivity index (χ0n) is 11.5. The van der Waals surface area contributed by atoms with Crippen LogP contribution in [-0.2, 0) is 17.9 Å². The van der Waals surface area contributed by atoms with Gasteiger partial charge in [-0.05, 0) is 11.1 Å². The van der Waals surface area contributed by atoms with Gasteiger partial charge in [-0.3, -0.25) is 0 Å². The van der Waals surface area contributed by atoms with Crippen LogP contribution in [0.4, 0.5) is 5.95 Å². The number of rotatable bonds is 5. The van der Waals surface area contributed by atoms with Crippen molar-refractivity contribution >= 4 is 23.2 Å². The summed E-state index contributed by atoms with van der Waals surface area (Å²) in [4.78, 5) is 28.7. The number of hydrogen-bond acceptors (Lipinski definition) is 7. The van der Waals surface area contributed by atoms with Crippen molar-refractivity contribution < 1.29 is 9.53 Å². The number of nitrogen functional groups attached to an aromatic ring is 1. The summed E-state index contributed by atoms with van der Waals surface area (Å²) in [6.45, 7) is 0.589. The molecule has 0 spiro atoms. The summed E-state index contributed by atoms with van der Waals surface area (Å²) >= 11 is 0. The predicted octanol–water partition coefficient (Wildman–Crippen LogP) is 1.35. The van der Waals surface area contributed by atoms with Crippen molar-refractivity contribution in [2.45, 2.75) is 13.2 Å². The lowest BCUT2D eigenvalue weighted by molar-refractivity contribution is 0.297. The summed E-state index contributed by atoms with van der Waals surface area (Å²) in [6.07, 6.45) is 3.02. The number of H-pyrrole nitrogens is 1. The van der Waals surface area contributed by atoms with Crippen LogP contribution in [0.25, 0.3) is 11.2 Å². The first-order valence-corrected chi connectivity index (χ1v) is 6.47. The van der Waals surface area contributed by atoms with E-state index < -0.39 is 0 Å². The number of isocyanates is 1. The molecule has 2 heterocycles. The lowest BCUT2D eigenvalue weighted by Crippen LogP contribution is -2.02. The predicted molar refractivity (Wildman–Crippen MR) is 78.7 cm³/mol. The number of nitrogens with two attached hydrogens (primary N) is 1. The van der Waals surface area contributed by atoms with E-state index in [0.717, 1.165) is 11.1 Å². The van der Waals surface area contributed by atoms with Gasteiger partial charge in [0, 0.05) is 0 Å². The van der Waals surface area contributed by atoms with E-state index in [2.05, 4.69) is 24.9 Å². The lowest BCUT2D eigenvalue weighted by Gasteiger charge is -2.07. The van der Waals surface area contributed by atoms with Crippen LogP contribution < -0.4 is 10.5 Å². The normalized spacial score (nSPS) is 10.4. The Labute approximate surface area is 125 Å². The van der Waals surface area contributed by atoms with Crippen LogP contribution in [0.15, 0.2) is 35.6 Å². The zero-order chi connectivity index (χ0) is 15.4. The minimum Gasteiger partial charge on any atom is -0.471 e. The van der Waals surface area contributed by atoms with E-state index in [0.29, 0.717) is 30.2 Å². The maximum atomic E-state index is 10.2. The molecule has 0 fully saturated rings. The summed E-state index contributed by atoms with van der Waals surface area (Å²) in [5, 5.41) is 0. The Balaban J connectivity index is 1.79. The van der Waals surface area contributed by atoms with E-state index >= 15 is 0 Å². The average molecular weight is 296 g/mol. The van der Waals surface area contributed by atoms with Gasteiger partial charge in [0.15, 0.2) is 5.65 Å². The number of aliphatic imine (C=N–C) groups is 1. The summed E-state index contributed by atoms with van der Waals surface area (Å²) < 4.78 is 5.69. The van der Waals surface area contributed by atoms with Crippen molar-refractivity contribution in [2.75, 3.05) is 5.73 Å². The number of anilines is 1. The molecule has 8 heteroatoms. The quantitative estimate of drug-likeness (QED) is 0.541. The SMILES string of the molecule is Nc1nc(OCc2cccc(CN=C=O)c2)c2[nH]cnc2n1.